The molecular formula is C16H25ClN4O3. The monoisotopic (exact) mass is 356 g/mol. The number of halogens is 1. The minimum atomic E-state index is -0.0876. The summed E-state index contributed by atoms with van der Waals surface area (Å²) < 4.78 is 12.3. The minimum Gasteiger partial charge on any atom is -0.481 e. The number of hydrogen-bond acceptors (Lipinski definition) is 5. The number of methoxy groups -OCH3 is 1. The molecule has 8 heteroatoms. The molecule has 0 unspecified atom stereocenters. The Labute approximate surface area is 148 Å². The molecule has 0 saturated heterocycles. The van der Waals surface area contributed by atoms with E-state index in [0.29, 0.717) is 13.1 Å². The first-order chi connectivity index (χ1) is 11.0. The molecule has 0 bridgehead atoms. The fraction of sp³-hybridized carbons (Fsp3) is 0.500. The molecule has 0 aliphatic rings. The lowest BCUT2D eigenvalue weighted by molar-refractivity contribution is -0.120. The summed E-state index contributed by atoms with van der Waals surface area (Å²) in [5, 5.41) is 10.4. The summed E-state index contributed by atoms with van der Waals surface area (Å²) in [5.74, 6) is 1.65. The lowest BCUT2D eigenvalue weighted by Gasteiger charge is -2.09. The molecule has 0 fully saturated rings. The molecule has 7 nitrogen and oxygen atoms in total. The summed E-state index contributed by atoms with van der Waals surface area (Å²) in [6.45, 7) is 5.30. The van der Waals surface area contributed by atoms with E-state index >= 15 is 0 Å². The number of aryl methyl sites for hydroxylation is 1. The van der Waals surface area contributed by atoms with Crippen molar-refractivity contribution in [2.24, 2.45) is 7.05 Å². The highest BCUT2D eigenvalue weighted by Gasteiger charge is 2.19. The van der Waals surface area contributed by atoms with Crippen molar-refractivity contribution in [3.63, 3.8) is 0 Å². The van der Waals surface area contributed by atoms with E-state index in [2.05, 4.69) is 29.6 Å². The molecule has 2 N–H and O–H groups in total. The fourth-order valence-electron chi connectivity index (χ4n) is 2.42. The maximum atomic E-state index is 11.8. The Bertz CT molecular complexity index is 638. The number of rotatable bonds is 8. The average Bonchev–Trinajstić information content (AvgIpc) is 3.13. The topological polar surface area (TPSA) is 81.3 Å². The van der Waals surface area contributed by atoms with Crippen LogP contribution in [0.2, 0.25) is 0 Å². The SMILES string of the molecule is COc1c(CNCC(=O)NCc2ccco2)c(C(C)C)nn1C.Cl. The van der Waals surface area contributed by atoms with Gasteiger partial charge in [-0.1, -0.05) is 13.8 Å². The van der Waals surface area contributed by atoms with Crippen molar-refractivity contribution < 1.29 is 13.9 Å². The molecule has 2 aromatic rings. The van der Waals surface area contributed by atoms with Gasteiger partial charge in [-0.05, 0) is 18.1 Å². The first kappa shape index (κ1) is 20.1. The molecule has 0 aromatic carbocycles. The van der Waals surface area contributed by atoms with Crippen LogP contribution < -0.4 is 15.4 Å². The molecule has 134 valence electrons. The summed E-state index contributed by atoms with van der Waals surface area (Å²) in [6, 6.07) is 3.62. The number of hydrogen-bond donors (Lipinski definition) is 2. The maximum absolute atomic E-state index is 11.8. The number of furan rings is 1. The Hall–Kier alpha value is -1.99. The molecule has 0 atom stereocenters. The predicted molar refractivity (Wildman–Crippen MR) is 93.4 cm³/mol. The normalized spacial score (nSPS) is 10.5. The zero-order valence-corrected chi connectivity index (χ0v) is 15.3. The molecule has 2 aromatic heterocycles. The van der Waals surface area contributed by atoms with Crippen LogP contribution in [0.3, 0.4) is 0 Å². The number of ether oxygens (including phenoxy) is 1. The van der Waals surface area contributed by atoms with Crippen LogP contribution in [0.5, 0.6) is 5.88 Å². The first-order valence-corrected chi connectivity index (χ1v) is 7.62. The molecule has 0 spiro atoms. The Morgan fingerprint density at radius 2 is 2.17 bits per heavy atom. The highest BCUT2D eigenvalue weighted by molar-refractivity contribution is 5.85. The number of nitrogens with zero attached hydrogens (tertiary/aromatic N) is 2. The zero-order valence-electron chi connectivity index (χ0n) is 14.5. The van der Waals surface area contributed by atoms with Gasteiger partial charge in [0, 0.05) is 13.6 Å². The van der Waals surface area contributed by atoms with Crippen molar-refractivity contribution >= 4 is 18.3 Å². The fourth-order valence-corrected chi connectivity index (χ4v) is 2.42. The highest BCUT2D eigenvalue weighted by atomic mass is 35.5. The van der Waals surface area contributed by atoms with Gasteiger partial charge in [0.25, 0.3) is 0 Å². The first-order valence-electron chi connectivity index (χ1n) is 7.62. The molecule has 0 radical (unpaired) electrons. The van der Waals surface area contributed by atoms with Gasteiger partial charge in [-0.25, -0.2) is 4.68 Å². The van der Waals surface area contributed by atoms with Crippen LogP contribution in [0.25, 0.3) is 0 Å². The largest absolute Gasteiger partial charge is 0.481 e. The minimum absolute atomic E-state index is 0. The van der Waals surface area contributed by atoms with Gasteiger partial charge in [0.2, 0.25) is 11.8 Å². The maximum Gasteiger partial charge on any atom is 0.234 e. The molecule has 2 heterocycles. The Morgan fingerprint density at radius 1 is 1.42 bits per heavy atom. The van der Waals surface area contributed by atoms with Crippen LogP contribution in [0.15, 0.2) is 22.8 Å². The van der Waals surface area contributed by atoms with Gasteiger partial charge in [0.05, 0.1) is 37.7 Å². The Morgan fingerprint density at radius 3 is 2.75 bits per heavy atom. The van der Waals surface area contributed by atoms with Gasteiger partial charge < -0.3 is 19.8 Å². The van der Waals surface area contributed by atoms with Crippen LogP contribution in [0.4, 0.5) is 0 Å². The van der Waals surface area contributed by atoms with Crippen molar-refractivity contribution in [3.05, 3.63) is 35.4 Å². The number of aromatic nitrogens is 2. The summed E-state index contributed by atoms with van der Waals surface area (Å²) >= 11 is 0. The van der Waals surface area contributed by atoms with Gasteiger partial charge in [-0.2, -0.15) is 5.10 Å². The lowest BCUT2D eigenvalue weighted by Crippen LogP contribution is -2.33. The second-order valence-corrected chi connectivity index (χ2v) is 5.61. The molecule has 0 saturated carbocycles. The number of carbonyl (C=O) groups is 1. The number of amides is 1. The third kappa shape index (κ3) is 5.01. The second-order valence-electron chi connectivity index (χ2n) is 5.61. The van der Waals surface area contributed by atoms with E-state index in [1.165, 1.54) is 0 Å². The standard InChI is InChI=1S/C16H24N4O3.ClH/c1-11(2)15-13(16(22-4)20(3)19-15)9-17-10-14(21)18-8-12-6-5-7-23-12;/h5-7,11,17H,8-10H2,1-4H3,(H,18,21);1H. The summed E-state index contributed by atoms with van der Waals surface area (Å²) in [7, 11) is 3.48. The van der Waals surface area contributed by atoms with Crippen LogP contribution in [-0.4, -0.2) is 29.3 Å². The third-order valence-corrected chi connectivity index (χ3v) is 3.49. The summed E-state index contributed by atoms with van der Waals surface area (Å²) in [6.07, 6.45) is 1.59. The quantitative estimate of drug-likeness (QED) is 0.755. The molecule has 2 rings (SSSR count). The molecule has 1 amide bonds. The Balaban J connectivity index is 0.00000288. The number of carbonyl (C=O) groups excluding carboxylic acids is 1. The molecular weight excluding hydrogens is 332 g/mol. The molecule has 0 aliphatic heterocycles. The van der Waals surface area contributed by atoms with Gasteiger partial charge in [-0.3, -0.25) is 4.79 Å². The highest BCUT2D eigenvalue weighted by Crippen LogP contribution is 2.26. The van der Waals surface area contributed by atoms with Crippen LogP contribution in [0, 0.1) is 0 Å². The van der Waals surface area contributed by atoms with Crippen LogP contribution >= 0.6 is 12.4 Å². The van der Waals surface area contributed by atoms with Crippen molar-refractivity contribution in [2.75, 3.05) is 13.7 Å². The summed E-state index contributed by atoms with van der Waals surface area (Å²) in [5.41, 5.74) is 1.97. The van der Waals surface area contributed by atoms with Gasteiger partial charge in [0.1, 0.15) is 5.76 Å². The van der Waals surface area contributed by atoms with Crippen LogP contribution in [-0.2, 0) is 24.9 Å². The van der Waals surface area contributed by atoms with E-state index < -0.39 is 0 Å². The van der Waals surface area contributed by atoms with Crippen molar-refractivity contribution in [3.8, 4) is 5.88 Å². The Kier molecular flexibility index (Phi) is 7.81. The van der Waals surface area contributed by atoms with Gasteiger partial charge >= 0.3 is 0 Å². The molecule has 0 aliphatic carbocycles. The van der Waals surface area contributed by atoms with Crippen molar-refractivity contribution in [1.82, 2.24) is 20.4 Å². The van der Waals surface area contributed by atoms with Gasteiger partial charge in [0.15, 0.2) is 0 Å². The van der Waals surface area contributed by atoms with Crippen molar-refractivity contribution in [1.29, 1.82) is 0 Å². The average molecular weight is 357 g/mol. The second kappa shape index (κ2) is 9.34. The predicted octanol–water partition coefficient (Wildman–Crippen LogP) is 1.97. The van der Waals surface area contributed by atoms with E-state index in [4.69, 9.17) is 9.15 Å². The number of nitrogens with one attached hydrogen (secondary N) is 2. The van der Waals surface area contributed by atoms with Crippen molar-refractivity contribution in [2.45, 2.75) is 32.9 Å². The zero-order chi connectivity index (χ0) is 16.8. The van der Waals surface area contributed by atoms with E-state index in [1.807, 2.05) is 13.1 Å². The third-order valence-electron chi connectivity index (χ3n) is 3.49. The van der Waals surface area contributed by atoms with E-state index in [0.717, 1.165) is 22.9 Å². The lowest BCUT2D eigenvalue weighted by atomic mass is 10.1. The summed E-state index contributed by atoms with van der Waals surface area (Å²) in [4.78, 5) is 11.8. The molecule has 24 heavy (non-hydrogen) atoms. The van der Waals surface area contributed by atoms with E-state index in [1.54, 1.807) is 24.1 Å². The smallest absolute Gasteiger partial charge is 0.234 e. The van der Waals surface area contributed by atoms with E-state index in [9.17, 15) is 4.79 Å². The van der Waals surface area contributed by atoms with E-state index in [-0.39, 0.29) is 30.8 Å². The van der Waals surface area contributed by atoms with Crippen LogP contribution in [0.1, 0.15) is 36.8 Å². The van der Waals surface area contributed by atoms with Gasteiger partial charge in [-0.15, -0.1) is 12.4 Å².